The van der Waals surface area contributed by atoms with Gasteiger partial charge in [-0.3, -0.25) is 0 Å². The maximum Gasteiger partial charge on any atom is 0.163 e. The average molecular weight is 247 g/mol. The molecule has 0 saturated heterocycles. The summed E-state index contributed by atoms with van der Waals surface area (Å²) in [5.41, 5.74) is 1.79. The smallest absolute Gasteiger partial charge is 0.163 e. The number of hydrogen-bond acceptors (Lipinski definition) is 3. The molecule has 0 unspecified atom stereocenters. The van der Waals surface area contributed by atoms with Gasteiger partial charge in [0.15, 0.2) is 11.5 Å². The number of nitriles is 1. The number of benzene rings is 1. The molecule has 0 atom stereocenters. The third-order valence-corrected chi connectivity index (χ3v) is 3.18. The van der Waals surface area contributed by atoms with Crippen LogP contribution in [0.2, 0.25) is 0 Å². The van der Waals surface area contributed by atoms with E-state index in [4.69, 9.17) is 14.7 Å². The van der Waals surface area contributed by atoms with Crippen molar-refractivity contribution in [3.05, 3.63) is 23.3 Å². The first-order chi connectivity index (χ1) is 8.66. The van der Waals surface area contributed by atoms with E-state index < -0.39 is 0 Å². The van der Waals surface area contributed by atoms with Gasteiger partial charge in [-0.15, -0.1) is 0 Å². The molecule has 2 rings (SSSR count). The molecule has 1 aliphatic carbocycles. The Morgan fingerprint density at radius 1 is 1.17 bits per heavy atom. The summed E-state index contributed by atoms with van der Waals surface area (Å²) in [5.74, 6) is 1.46. The van der Waals surface area contributed by atoms with Gasteiger partial charge in [-0.05, 0) is 37.0 Å². The molecule has 0 aromatic heterocycles. The van der Waals surface area contributed by atoms with Gasteiger partial charge in [0.1, 0.15) is 0 Å². The number of nitrogens with zero attached hydrogens (tertiary/aromatic N) is 1. The second kappa shape index (κ2) is 5.77. The minimum Gasteiger partial charge on any atom is -0.493 e. The van der Waals surface area contributed by atoms with E-state index in [1.54, 1.807) is 14.2 Å². The molecule has 1 saturated carbocycles. The van der Waals surface area contributed by atoms with E-state index in [9.17, 15) is 0 Å². The van der Waals surface area contributed by atoms with Crippen LogP contribution in [0.4, 0.5) is 0 Å². The van der Waals surface area contributed by atoms with Crippen molar-refractivity contribution < 1.29 is 9.47 Å². The standard InChI is InChI=1S/C13H15NO2.C2H6/c1-9-6-10(13(8-14)4-5-13)7-11(15-2)12(9)16-3;1-2/h6-7H,4-5H2,1-3H3;1-2H3. The summed E-state index contributed by atoms with van der Waals surface area (Å²) in [6.45, 7) is 5.97. The van der Waals surface area contributed by atoms with Gasteiger partial charge in [-0.2, -0.15) is 5.26 Å². The van der Waals surface area contributed by atoms with Crippen LogP contribution in [0.1, 0.15) is 37.8 Å². The van der Waals surface area contributed by atoms with E-state index in [0.717, 1.165) is 29.7 Å². The molecule has 3 heteroatoms. The van der Waals surface area contributed by atoms with Crippen molar-refractivity contribution >= 4 is 0 Å². The zero-order valence-electron chi connectivity index (χ0n) is 11.8. The van der Waals surface area contributed by atoms with Crippen LogP contribution in [0.3, 0.4) is 0 Å². The first kappa shape index (κ1) is 14.4. The van der Waals surface area contributed by atoms with Crippen molar-refractivity contribution in [1.82, 2.24) is 0 Å². The van der Waals surface area contributed by atoms with Gasteiger partial charge in [-0.25, -0.2) is 0 Å². The first-order valence-corrected chi connectivity index (χ1v) is 6.31. The third kappa shape index (κ3) is 2.43. The van der Waals surface area contributed by atoms with Crippen LogP contribution in [0, 0.1) is 18.3 Å². The van der Waals surface area contributed by atoms with Gasteiger partial charge < -0.3 is 9.47 Å². The average Bonchev–Trinajstić information content (AvgIpc) is 3.21. The van der Waals surface area contributed by atoms with E-state index in [1.165, 1.54) is 0 Å². The predicted octanol–water partition coefficient (Wildman–Crippen LogP) is 3.59. The zero-order valence-corrected chi connectivity index (χ0v) is 11.8. The maximum atomic E-state index is 9.17. The van der Waals surface area contributed by atoms with Gasteiger partial charge in [0.25, 0.3) is 0 Å². The van der Waals surface area contributed by atoms with Crippen molar-refractivity contribution in [2.45, 2.75) is 39.0 Å². The summed E-state index contributed by atoms with van der Waals surface area (Å²) in [7, 11) is 3.24. The Kier molecular flexibility index (Phi) is 4.61. The lowest BCUT2D eigenvalue weighted by Crippen LogP contribution is -2.04. The Labute approximate surface area is 109 Å². The zero-order chi connectivity index (χ0) is 13.8. The monoisotopic (exact) mass is 247 g/mol. The highest BCUT2D eigenvalue weighted by molar-refractivity contribution is 5.53. The molecule has 1 fully saturated rings. The molecule has 0 heterocycles. The quantitative estimate of drug-likeness (QED) is 0.819. The highest BCUT2D eigenvalue weighted by Gasteiger charge is 2.45. The van der Waals surface area contributed by atoms with Crippen LogP contribution >= 0.6 is 0 Å². The fourth-order valence-electron chi connectivity index (χ4n) is 2.02. The summed E-state index contributed by atoms with van der Waals surface area (Å²) in [6.07, 6.45) is 1.89. The maximum absolute atomic E-state index is 9.17. The Morgan fingerprint density at radius 2 is 1.78 bits per heavy atom. The van der Waals surface area contributed by atoms with E-state index in [1.807, 2.05) is 32.9 Å². The van der Waals surface area contributed by atoms with Crippen LogP contribution < -0.4 is 9.47 Å². The van der Waals surface area contributed by atoms with Crippen molar-refractivity contribution in [2.24, 2.45) is 0 Å². The fourth-order valence-corrected chi connectivity index (χ4v) is 2.02. The summed E-state index contributed by atoms with van der Waals surface area (Å²) in [6, 6.07) is 6.33. The summed E-state index contributed by atoms with van der Waals surface area (Å²) >= 11 is 0. The Morgan fingerprint density at radius 3 is 2.17 bits per heavy atom. The van der Waals surface area contributed by atoms with Crippen molar-refractivity contribution in [3.8, 4) is 17.6 Å². The van der Waals surface area contributed by atoms with Crippen LogP contribution in [-0.4, -0.2) is 14.2 Å². The van der Waals surface area contributed by atoms with Crippen LogP contribution in [-0.2, 0) is 5.41 Å². The normalized spacial score (nSPS) is 14.9. The molecule has 1 aliphatic rings. The molecular formula is C15H21NO2. The van der Waals surface area contributed by atoms with Crippen LogP contribution in [0.25, 0.3) is 0 Å². The number of methoxy groups -OCH3 is 2. The summed E-state index contributed by atoms with van der Waals surface area (Å²) in [5, 5.41) is 9.17. The number of aryl methyl sites for hydroxylation is 1. The van der Waals surface area contributed by atoms with Gasteiger partial charge in [0.2, 0.25) is 0 Å². The largest absolute Gasteiger partial charge is 0.493 e. The lowest BCUT2D eigenvalue weighted by molar-refractivity contribution is 0.352. The van der Waals surface area contributed by atoms with E-state index in [2.05, 4.69) is 6.07 Å². The SMILES string of the molecule is CC.COc1cc(C2(C#N)CC2)cc(C)c1OC. The molecule has 1 aromatic carbocycles. The minimum absolute atomic E-state index is 0.274. The van der Waals surface area contributed by atoms with Gasteiger partial charge in [0, 0.05) is 0 Å². The Bertz CT molecular complexity index is 456. The summed E-state index contributed by atoms with van der Waals surface area (Å²) < 4.78 is 10.6. The van der Waals surface area contributed by atoms with Crippen molar-refractivity contribution in [2.75, 3.05) is 14.2 Å². The molecule has 1 aromatic rings. The number of rotatable bonds is 3. The molecule has 0 aliphatic heterocycles. The number of hydrogen-bond donors (Lipinski definition) is 0. The second-order valence-corrected chi connectivity index (χ2v) is 4.22. The molecule has 0 amide bonds. The molecule has 0 radical (unpaired) electrons. The Hall–Kier alpha value is -1.69. The topological polar surface area (TPSA) is 42.2 Å². The molecule has 0 spiro atoms. The molecule has 18 heavy (non-hydrogen) atoms. The van der Waals surface area contributed by atoms with Gasteiger partial charge in [0.05, 0.1) is 25.7 Å². The lowest BCUT2D eigenvalue weighted by atomic mass is 9.95. The molecule has 0 bridgehead atoms. The Balaban J connectivity index is 0.000000771. The molecule has 0 N–H and O–H groups in total. The van der Waals surface area contributed by atoms with Crippen LogP contribution in [0.15, 0.2) is 12.1 Å². The van der Waals surface area contributed by atoms with Crippen LogP contribution in [0.5, 0.6) is 11.5 Å². The van der Waals surface area contributed by atoms with Gasteiger partial charge >= 0.3 is 0 Å². The lowest BCUT2D eigenvalue weighted by Gasteiger charge is -2.14. The fraction of sp³-hybridized carbons (Fsp3) is 0.533. The number of ether oxygens (including phenoxy) is 2. The summed E-state index contributed by atoms with van der Waals surface area (Å²) in [4.78, 5) is 0. The highest BCUT2D eigenvalue weighted by atomic mass is 16.5. The van der Waals surface area contributed by atoms with E-state index >= 15 is 0 Å². The predicted molar refractivity (Wildman–Crippen MR) is 72.2 cm³/mol. The van der Waals surface area contributed by atoms with E-state index in [-0.39, 0.29) is 5.41 Å². The third-order valence-electron chi connectivity index (χ3n) is 3.18. The highest BCUT2D eigenvalue weighted by Crippen LogP contribution is 2.49. The molecule has 98 valence electrons. The minimum atomic E-state index is -0.274. The molecular weight excluding hydrogens is 226 g/mol. The molecule has 3 nitrogen and oxygen atoms in total. The second-order valence-electron chi connectivity index (χ2n) is 4.22. The van der Waals surface area contributed by atoms with Gasteiger partial charge in [-0.1, -0.05) is 19.9 Å². The first-order valence-electron chi connectivity index (χ1n) is 6.31. The van der Waals surface area contributed by atoms with E-state index in [0.29, 0.717) is 5.75 Å². The van der Waals surface area contributed by atoms with Crippen molar-refractivity contribution in [3.63, 3.8) is 0 Å². The van der Waals surface area contributed by atoms with Crippen molar-refractivity contribution in [1.29, 1.82) is 5.26 Å².